The number of benzene rings is 1. The van der Waals surface area contributed by atoms with Crippen molar-refractivity contribution in [2.45, 2.75) is 32.2 Å². The lowest BCUT2D eigenvalue weighted by atomic mass is 10.2. The van der Waals surface area contributed by atoms with Gasteiger partial charge in [0.1, 0.15) is 0 Å². The summed E-state index contributed by atoms with van der Waals surface area (Å²) in [6.45, 7) is 2.24. The molecule has 0 atom stereocenters. The van der Waals surface area contributed by atoms with Gasteiger partial charge in [0.15, 0.2) is 6.29 Å². The van der Waals surface area contributed by atoms with Crippen molar-refractivity contribution in [2.75, 3.05) is 0 Å². The van der Waals surface area contributed by atoms with E-state index in [1.165, 1.54) is 30.9 Å². The maximum atomic E-state index is 2.61. The molecule has 0 aromatic heterocycles. The third-order valence-electron chi connectivity index (χ3n) is 2.24. The maximum Gasteiger partial charge on any atom is 0.160 e. The first kappa shape index (κ1) is 13.0. The van der Waals surface area contributed by atoms with E-state index in [1.807, 2.05) is 0 Å². The molecular formula is C13H18ISi. The highest BCUT2D eigenvalue weighted by Crippen LogP contribution is 2.08. The molecule has 1 aromatic rings. The molecule has 0 nitrogen and oxygen atoms in total. The van der Waals surface area contributed by atoms with E-state index in [2.05, 4.69) is 70.8 Å². The lowest BCUT2D eigenvalue weighted by Crippen LogP contribution is -2.04. The molecule has 0 N–H and O–H groups in total. The molecule has 0 unspecified atom stereocenters. The Labute approximate surface area is 108 Å². The van der Waals surface area contributed by atoms with Gasteiger partial charge in [-0.25, -0.2) is 0 Å². The number of hydrogen-bond donors (Lipinski definition) is 0. The summed E-state index contributed by atoms with van der Waals surface area (Å²) in [6.07, 6.45) is 5.91. The van der Waals surface area contributed by atoms with E-state index in [-0.39, 0.29) is 6.29 Å². The fourth-order valence-corrected chi connectivity index (χ4v) is 4.63. The molecule has 0 spiro atoms. The third-order valence-corrected chi connectivity index (χ3v) is 5.81. The highest BCUT2D eigenvalue weighted by molar-refractivity contribution is 14.1. The van der Waals surface area contributed by atoms with Crippen molar-refractivity contribution in [2.24, 2.45) is 0 Å². The largest absolute Gasteiger partial charge is 0.160 e. The van der Waals surface area contributed by atoms with Crippen molar-refractivity contribution in [3.63, 3.8) is 0 Å². The van der Waals surface area contributed by atoms with Crippen molar-refractivity contribution in [1.82, 2.24) is 0 Å². The lowest BCUT2D eigenvalue weighted by molar-refractivity contribution is 0.815. The van der Waals surface area contributed by atoms with Gasteiger partial charge >= 0.3 is 0 Å². The van der Waals surface area contributed by atoms with E-state index < -0.39 is 0 Å². The zero-order chi connectivity index (χ0) is 10.9. The molecule has 1 aromatic carbocycles. The van der Waals surface area contributed by atoms with Gasteiger partial charge in [0.2, 0.25) is 0 Å². The smallest absolute Gasteiger partial charge is 0.115 e. The molecule has 0 saturated heterocycles. The van der Waals surface area contributed by atoms with Crippen LogP contribution in [0.25, 0.3) is 0 Å². The van der Waals surface area contributed by atoms with E-state index in [4.69, 9.17) is 0 Å². The van der Waals surface area contributed by atoms with Crippen molar-refractivity contribution < 1.29 is 0 Å². The van der Waals surface area contributed by atoms with Gasteiger partial charge < -0.3 is 0 Å². The van der Waals surface area contributed by atoms with Crippen LogP contribution < -0.4 is 0 Å². The Morgan fingerprint density at radius 1 is 1.27 bits per heavy atom. The molecule has 81 valence electrons. The van der Waals surface area contributed by atoms with Crippen LogP contribution in [0.2, 0.25) is 0 Å². The monoisotopic (exact) mass is 329 g/mol. The van der Waals surface area contributed by atoms with Gasteiger partial charge in [0, 0.05) is 0 Å². The summed E-state index contributed by atoms with van der Waals surface area (Å²) < 4.78 is 0. The fourth-order valence-electron chi connectivity index (χ4n) is 1.38. The SMILES string of the molecule is CCCCC=C[Si](I)Cc1ccccc1. The summed E-state index contributed by atoms with van der Waals surface area (Å²) >= 11 is 2.61. The van der Waals surface area contributed by atoms with E-state index in [1.54, 1.807) is 0 Å². The van der Waals surface area contributed by atoms with E-state index in [0.717, 1.165) is 0 Å². The molecule has 0 saturated carbocycles. The Bertz CT molecular complexity index is 282. The van der Waals surface area contributed by atoms with Gasteiger partial charge in [-0.2, -0.15) is 0 Å². The minimum Gasteiger partial charge on any atom is -0.115 e. The number of unbranched alkanes of at least 4 members (excludes halogenated alkanes) is 2. The molecule has 1 rings (SSSR count). The summed E-state index contributed by atoms with van der Waals surface area (Å²) in [5.41, 5.74) is 3.91. The van der Waals surface area contributed by atoms with Gasteiger partial charge in [-0.05, 0) is 18.0 Å². The summed E-state index contributed by atoms with van der Waals surface area (Å²) in [5, 5.41) is 0. The zero-order valence-electron chi connectivity index (χ0n) is 9.25. The molecule has 0 fully saturated rings. The minimum absolute atomic E-state index is 0.333. The topological polar surface area (TPSA) is 0 Å². The summed E-state index contributed by atoms with van der Waals surface area (Å²) in [5.74, 6) is 0. The number of rotatable bonds is 6. The molecule has 0 aliphatic heterocycles. The summed E-state index contributed by atoms with van der Waals surface area (Å²) in [7, 11) is 0. The molecule has 15 heavy (non-hydrogen) atoms. The highest BCUT2D eigenvalue weighted by Gasteiger charge is 2.02. The molecule has 1 radical (unpaired) electrons. The second kappa shape index (κ2) is 8.10. The van der Waals surface area contributed by atoms with Gasteiger partial charge in [0.25, 0.3) is 0 Å². The zero-order valence-corrected chi connectivity index (χ0v) is 12.4. The summed E-state index contributed by atoms with van der Waals surface area (Å²) in [6, 6.07) is 12.0. The van der Waals surface area contributed by atoms with Gasteiger partial charge in [-0.1, -0.05) is 61.9 Å². The van der Waals surface area contributed by atoms with Crippen LogP contribution in [0, 0.1) is 0 Å². The lowest BCUT2D eigenvalue weighted by Gasteiger charge is -2.02. The number of halogens is 1. The number of hydrogen-bond acceptors (Lipinski definition) is 0. The average molecular weight is 329 g/mol. The van der Waals surface area contributed by atoms with E-state index >= 15 is 0 Å². The molecule has 0 heterocycles. The Morgan fingerprint density at radius 3 is 2.67 bits per heavy atom. The highest BCUT2D eigenvalue weighted by atomic mass is 127. The first-order chi connectivity index (χ1) is 7.33. The van der Waals surface area contributed by atoms with Crippen molar-refractivity contribution in [3.05, 3.63) is 47.7 Å². The van der Waals surface area contributed by atoms with Crippen LogP contribution in [0.3, 0.4) is 0 Å². The number of allylic oxidation sites excluding steroid dienone is 1. The maximum absolute atomic E-state index is 2.61. The Morgan fingerprint density at radius 2 is 2.00 bits per heavy atom. The van der Waals surface area contributed by atoms with Crippen LogP contribution in [0.1, 0.15) is 31.7 Å². The standard InChI is InChI=1S/C13H18ISi/c1-2-3-4-8-11-15(14)12-13-9-6-5-7-10-13/h5-11H,2-4,12H2,1H3. The van der Waals surface area contributed by atoms with Gasteiger partial charge in [-0.15, -0.1) is 21.8 Å². The molecule has 0 aliphatic rings. The first-order valence-electron chi connectivity index (χ1n) is 5.54. The first-order valence-corrected chi connectivity index (χ1v) is 10.4. The van der Waals surface area contributed by atoms with Gasteiger partial charge in [-0.3, -0.25) is 0 Å². The molecule has 0 bridgehead atoms. The Kier molecular flexibility index (Phi) is 7.01. The van der Waals surface area contributed by atoms with E-state index in [0.29, 0.717) is 0 Å². The van der Waals surface area contributed by atoms with Crippen LogP contribution in [0.4, 0.5) is 0 Å². The average Bonchev–Trinajstić information content (AvgIpc) is 2.26. The normalized spacial score (nSPS) is 11.4. The van der Waals surface area contributed by atoms with Crippen molar-refractivity contribution >= 4 is 28.1 Å². The quantitative estimate of drug-likeness (QED) is 0.312. The van der Waals surface area contributed by atoms with Crippen LogP contribution in [-0.4, -0.2) is 6.29 Å². The Balaban J connectivity index is 2.30. The van der Waals surface area contributed by atoms with Crippen LogP contribution in [0.5, 0.6) is 0 Å². The van der Waals surface area contributed by atoms with Crippen LogP contribution in [-0.2, 0) is 6.04 Å². The second-order valence-corrected chi connectivity index (χ2v) is 9.39. The van der Waals surface area contributed by atoms with Crippen molar-refractivity contribution in [3.8, 4) is 0 Å². The molecule has 0 aliphatic carbocycles. The van der Waals surface area contributed by atoms with Gasteiger partial charge in [0.05, 0.1) is 0 Å². The summed E-state index contributed by atoms with van der Waals surface area (Å²) in [4.78, 5) is 0. The molecule has 2 heteroatoms. The molecule has 0 amide bonds. The third kappa shape index (κ3) is 6.15. The second-order valence-electron chi connectivity index (χ2n) is 3.65. The van der Waals surface area contributed by atoms with Crippen molar-refractivity contribution in [1.29, 1.82) is 0 Å². The predicted octanol–water partition coefficient (Wildman–Crippen LogP) is 4.48. The Hall–Kier alpha value is -0.0931. The molecular weight excluding hydrogens is 311 g/mol. The van der Waals surface area contributed by atoms with E-state index in [9.17, 15) is 0 Å². The van der Waals surface area contributed by atoms with Crippen LogP contribution in [0.15, 0.2) is 42.1 Å². The predicted molar refractivity (Wildman–Crippen MR) is 78.6 cm³/mol. The van der Waals surface area contributed by atoms with Crippen LogP contribution >= 0.6 is 21.8 Å². The fraction of sp³-hybridized carbons (Fsp3) is 0.385. The minimum atomic E-state index is -0.333.